The summed E-state index contributed by atoms with van der Waals surface area (Å²) in [6.45, 7) is 1.44. The van der Waals surface area contributed by atoms with E-state index >= 15 is 0 Å². The first-order valence-corrected chi connectivity index (χ1v) is 15.9. The zero-order chi connectivity index (χ0) is 37.2. The number of rotatable bonds is 11. The van der Waals surface area contributed by atoms with Crippen molar-refractivity contribution in [3.05, 3.63) is 0 Å². The minimum Gasteiger partial charge on any atom is -0.394 e. The molecule has 0 radical (unpaired) electrons. The summed E-state index contributed by atoms with van der Waals surface area (Å²) >= 11 is 0. The smallest absolute Gasteiger partial charge is 0.217 e. The maximum absolute atomic E-state index is 11.8. The van der Waals surface area contributed by atoms with Gasteiger partial charge in [0.1, 0.15) is 91.4 Å². The number of amides is 2. The van der Waals surface area contributed by atoms with Crippen molar-refractivity contribution < 1.29 is 98.9 Å². The van der Waals surface area contributed by atoms with Crippen molar-refractivity contribution in [3.8, 4) is 0 Å². The Labute approximate surface area is 285 Å². The van der Waals surface area contributed by atoms with Crippen LogP contribution in [0.1, 0.15) is 20.8 Å². The van der Waals surface area contributed by atoms with Crippen molar-refractivity contribution >= 4 is 11.8 Å². The van der Waals surface area contributed by atoms with Crippen LogP contribution in [0.15, 0.2) is 0 Å². The molecular formula is C28H48N2O20. The molecule has 0 unspecified atom stereocenters. The monoisotopic (exact) mass is 732 g/mol. The maximum atomic E-state index is 11.8. The summed E-state index contributed by atoms with van der Waals surface area (Å²) in [5.74, 6) is -1.28. The number of hydrogen-bond acceptors (Lipinski definition) is 20. The summed E-state index contributed by atoms with van der Waals surface area (Å²) in [5.41, 5.74) is 0. The second-order valence-corrected chi connectivity index (χ2v) is 12.6. The quantitative estimate of drug-likeness (QED) is 0.0938. The number of aliphatic hydroxyl groups excluding tert-OH is 11. The van der Waals surface area contributed by atoms with Crippen LogP contribution in [0.2, 0.25) is 0 Å². The van der Waals surface area contributed by atoms with E-state index in [1.165, 1.54) is 6.92 Å². The van der Waals surface area contributed by atoms with E-state index in [0.29, 0.717) is 0 Å². The Balaban J connectivity index is 1.49. The minimum absolute atomic E-state index is 0.631. The first kappa shape index (κ1) is 41.0. The summed E-state index contributed by atoms with van der Waals surface area (Å²) in [6, 6.07) is -2.77. The molecule has 22 heteroatoms. The molecule has 0 bridgehead atoms. The summed E-state index contributed by atoms with van der Waals surface area (Å²) in [5, 5.41) is 120. The fraction of sp³-hybridized carbons (Fsp3) is 0.929. The van der Waals surface area contributed by atoms with E-state index < -0.39 is 154 Å². The standard InChI is InChI=1S/C28H48N2O20/c1-7-15(35)24(22(42)28(45-7)49-23-14(30-9(3)34)25(43)46-11(5-32)18(23)38)50-27-21(41)20(40)17(37)12(48-27)6-44-26-13(29-8(2)33)19(39)16(36)10(4-31)47-26/h7,10-28,31-32,35-43H,4-6H2,1-3H3,(H,29,33)(H,30,34)/t7-,10+,11+,12+,13+,14+,15+,16-,17+,18+,19+,20-,21-,22-,23+,24+,25+,26-,27+,28-/m0/s1. The van der Waals surface area contributed by atoms with Gasteiger partial charge >= 0.3 is 0 Å². The van der Waals surface area contributed by atoms with Gasteiger partial charge in [-0.2, -0.15) is 0 Å². The highest BCUT2D eigenvalue weighted by atomic mass is 16.8. The fourth-order valence-corrected chi connectivity index (χ4v) is 6.18. The van der Waals surface area contributed by atoms with Crippen LogP contribution in [-0.2, 0) is 42.7 Å². The Morgan fingerprint density at radius 3 is 1.68 bits per heavy atom. The summed E-state index contributed by atoms with van der Waals surface area (Å²) in [7, 11) is 0. The van der Waals surface area contributed by atoms with Crippen molar-refractivity contribution in [2.75, 3.05) is 19.8 Å². The van der Waals surface area contributed by atoms with Crippen LogP contribution in [0, 0.1) is 0 Å². The van der Waals surface area contributed by atoms with Gasteiger partial charge in [0, 0.05) is 13.8 Å². The molecule has 0 aliphatic carbocycles. The Bertz CT molecular complexity index is 1130. The van der Waals surface area contributed by atoms with Crippen LogP contribution in [0.4, 0.5) is 0 Å². The summed E-state index contributed by atoms with van der Waals surface area (Å²) in [4.78, 5) is 23.5. The van der Waals surface area contributed by atoms with Gasteiger partial charge in [-0.15, -0.1) is 0 Å². The molecule has 20 atom stereocenters. The van der Waals surface area contributed by atoms with Gasteiger partial charge in [-0.1, -0.05) is 0 Å². The molecule has 0 aromatic carbocycles. The van der Waals surface area contributed by atoms with Crippen molar-refractivity contribution in [1.29, 1.82) is 0 Å². The predicted octanol–water partition coefficient (Wildman–Crippen LogP) is -8.43. The Morgan fingerprint density at radius 2 is 1.08 bits per heavy atom. The number of carbonyl (C=O) groups excluding carboxylic acids is 2. The molecular weight excluding hydrogens is 684 g/mol. The summed E-state index contributed by atoms with van der Waals surface area (Å²) < 4.78 is 39.0. The van der Waals surface area contributed by atoms with E-state index in [0.717, 1.165) is 13.8 Å². The van der Waals surface area contributed by atoms with Gasteiger partial charge in [0.25, 0.3) is 0 Å². The third kappa shape index (κ3) is 8.87. The second-order valence-electron chi connectivity index (χ2n) is 12.6. The molecule has 50 heavy (non-hydrogen) atoms. The third-order valence-corrected chi connectivity index (χ3v) is 8.95. The molecule has 4 aliphatic heterocycles. The average molecular weight is 733 g/mol. The Morgan fingerprint density at radius 1 is 0.560 bits per heavy atom. The molecule has 0 aromatic rings. The average Bonchev–Trinajstić information content (AvgIpc) is 3.06. The molecule has 4 aliphatic rings. The van der Waals surface area contributed by atoms with Crippen molar-refractivity contribution in [3.63, 3.8) is 0 Å². The normalized spacial score (nSPS) is 48.5. The van der Waals surface area contributed by atoms with Crippen LogP contribution in [-0.4, -0.2) is 211 Å². The van der Waals surface area contributed by atoms with Crippen molar-refractivity contribution in [2.24, 2.45) is 0 Å². The zero-order valence-corrected chi connectivity index (χ0v) is 27.3. The molecule has 4 rings (SSSR count). The molecule has 290 valence electrons. The van der Waals surface area contributed by atoms with E-state index in [9.17, 15) is 65.8 Å². The van der Waals surface area contributed by atoms with Gasteiger partial charge in [-0.25, -0.2) is 0 Å². The highest BCUT2D eigenvalue weighted by molar-refractivity contribution is 5.73. The Hall–Kier alpha value is -1.78. The van der Waals surface area contributed by atoms with Gasteiger partial charge < -0.3 is 100.0 Å². The first-order chi connectivity index (χ1) is 23.5. The van der Waals surface area contributed by atoms with Crippen LogP contribution in [0.25, 0.3) is 0 Å². The van der Waals surface area contributed by atoms with E-state index in [1.807, 2.05) is 0 Å². The van der Waals surface area contributed by atoms with Crippen LogP contribution in [0.5, 0.6) is 0 Å². The number of aliphatic hydroxyl groups is 11. The molecule has 0 saturated carbocycles. The number of hydrogen-bond donors (Lipinski definition) is 13. The van der Waals surface area contributed by atoms with E-state index in [2.05, 4.69) is 10.6 Å². The van der Waals surface area contributed by atoms with Gasteiger partial charge in [-0.3, -0.25) is 9.59 Å². The first-order valence-electron chi connectivity index (χ1n) is 15.9. The van der Waals surface area contributed by atoms with E-state index in [-0.39, 0.29) is 0 Å². The van der Waals surface area contributed by atoms with Crippen LogP contribution in [0.3, 0.4) is 0 Å². The molecule has 0 aromatic heterocycles. The number of ether oxygens (including phenoxy) is 7. The highest BCUT2D eigenvalue weighted by Crippen LogP contribution is 2.33. The van der Waals surface area contributed by atoms with Gasteiger partial charge in [0.05, 0.1) is 25.9 Å². The predicted molar refractivity (Wildman–Crippen MR) is 156 cm³/mol. The van der Waals surface area contributed by atoms with Crippen LogP contribution >= 0.6 is 0 Å². The van der Waals surface area contributed by atoms with Gasteiger partial charge in [0.15, 0.2) is 25.2 Å². The minimum atomic E-state index is -1.98. The molecule has 4 saturated heterocycles. The van der Waals surface area contributed by atoms with Crippen molar-refractivity contribution in [1.82, 2.24) is 10.6 Å². The Kier molecular flexibility index (Phi) is 14.2. The number of nitrogens with one attached hydrogen (secondary N) is 2. The third-order valence-electron chi connectivity index (χ3n) is 8.95. The van der Waals surface area contributed by atoms with Gasteiger partial charge in [-0.05, 0) is 6.92 Å². The van der Waals surface area contributed by atoms with E-state index in [1.54, 1.807) is 0 Å². The zero-order valence-electron chi connectivity index (χ0n) is 27.3. The lowest BCUT2D eigenvalue weighted by atomic mass is 9.95. The lowest BCUT2D eigenvalue weighted by molar-refractivity contribution is -0.372. The lowest BCUT2D eigenvalue weighted by Crippen LogP contribution is -2.68. The molecule has 0 spiro atoms. The maximum Gasteiger partial charge on any atom is 0.217 e. The SMILES string of the molecule is CC(=O)N[C@@H]1[C@@H](O[C@@H]2O[C@@H](C)[C@@H](O)[C@@H](O[C@H]3O[C@H](CO[C@H]4O[C@H](CO)[C@H](O)[C@H](O)[C@H]4NC(C)=O)[C@@H](O)[C@H](O)[C@@H]3O)[C@@H]2O)[C@H](O)[C@@H](CO)O[C@H]1O. The largest absolute Gasteiger partial charge is 0.394 e. The molecule has 4 fully saturated rings. The van der Waals surface area contributed by atoms with Gasteiger partial charge in [0.2, 0.25) is 11.8 Å². The highest BCUT2D eigenvalue weighted by Gasteiger charge is 2.54. The second kappa shape index (κ2) is 17.4. The van der Waals surface area contributed by atoms with Crippen LogP contribution < -0.4 is 10.6 Å². The molecule has 13 N–H and O–H groups in total. The van der Waals surface area contributed by atoms with E-state index in [4.69, 9.17) is 33.2 Å². The lowest BCUT2D eigenvalue weighted by Gasteiger charge is -2.48. The molecule has 2 amide bonds. The topological polar surface area (TPSA) is 345 Å². The fourth-order valence-electron chi connectivity index (χ4n) is 6.18. The van der Waals surface area contributed by atoms with Crippen molar-refractivity contribution in [2.45, 2.75) is 143 Å². The molecule has 4 heterocycles. The number of carbonyl (C=O) groups is 2. The molecule has 22 nitrogen and oxygen atoms in total. The summed E-state index contributed by atoms with van der Waals surface area (Å²) in [6.07, 6.45) is -29.8.